The van der Waals surface area contributed by atoms with E-state index in [1.807, 2.05) is 57.2 Å². The van der Waals surface area contributed by atoms with Gasteiger partial charge in [0, 0.05) is 5.75 Å². The lowest BCUT2D eigenvalue weighted by atomic mass is 9.84. The second-order valence-corrected chi connectivity index (χ2v) is 34.5. The van der Waals surface area contributed by atoms with Crippen LogP contribution < -0.4 is 14.2 Å². The summed E-state index contributed by atoms with van der Waals surface area (Å²) < 4.78 is 64.8. The van der Waals surface area contributed by atoms with Crippen molar-refractivity contribution in [3.63, 3.8) is 0 Å². The molecule has 127 heavy (non-hydrogen) atoms. The van der Waals surface area contributed by atoms with E-state index in [0.29, 0.717) is 66.8 Å². The Hall–Kier alpha value is -8.37. The monoisotopic (exact) mass is 1800 g/mol. The van der Waals surface area contributed by atoms with Gasteiger partial charge in [-0.2, -0.15) is 0 Å². The molecule has 722 valence electrons. The number of carbonyl (C=O) groups excluding carboxylic acids is 1. The Morgan fingerprint density at radius 2 is 0.701 bits per heavy atom. The molecule has 0 radical (unpaired) electrons. The van der Waals surface area contributed by atoms with E-state index < -0.39 is 21.3 Å². The first kappa shape index (κ1) is 134. The summed E-state index contributed by atoms with van der Waals surface area (Å²) in [4.78, 5) is 15.5. The lowest BCUT2D eigenvalue weighted by molar-refractivity contribution is -0.154. The normalized spacial score (nSPS) is 13.3. The number of phenolic OH excluding ortho intramolecular Hbond substituents is 2. The number of esters is 1. The molecule has 0 spiro atoms. The van der Waals surface area contributed by atoms with E-state index in [-0.39, 0.29) is 132 Å². The average Bonchev–Trinajstić information content (AvgIpc) is 0.818. The van der Waals surface area contributed by atoms with Crippen molar-refractivity contribution in [1.82, 2.24) is 0 Å². The Balaban J connectivity index is -0.000000220. The molecule has 0 aliphatic heterocycles. The summed E-state index contributed by atoms with van der Waals surface area (Å²) in [6.45, 7) is 32.4. The van der Waals surface area contributed by atoms with Gasteiger partial charge in [0.1, 0.15) is 35.4 Å². The summed E-state index contributed by atoms with van der Waals surface area (Å²) in [5, 5.41) is 18.0. The summed E-state index contributed by atoms with van der Waals surface area (Å²) in [6, 6.07) is 83.0. The third-order valence-electron chi connectivity index (χ3n) is 21.6. The minimum absolute atomic E-state index is 0. The molecule has 0 saturated heterocycles. The standard InChI is InChI=1S/C26H36O3.C18H28O2.C18H15S.2C10H14O.C10H14.C9H18O5S.12CH4/c1-4-20(2)22-10-16-26(17-11-22)29-21(3)27-18-19-28-25-14-12-24(13-15-25)23-8-6-5-7-9-23;1-4-14(2)16-10-12-18(13-11-16)20-15(3)19-17-8-6-5-7-9-17;1-4-10-16(11-5-1)19(17-12-6-2-7-13-17)18-14-8-3-9-15-18;2*1-3-8(2)9-4-6-10(11)7-5-9;1-3-9(2)10-7-5-4-6-8-10;1-4-9(2,3)8(10)14-6-5-7-15(11,12)13;;;;;;;;;;;;/h10-17,20-21,23H,4-9,18-19H2,1-3H3;10-15,17H,4-9H2,1-3H3;1-15H;2*4-8,11H,3H2,1-2H3;4-9H,3H2,1-2H3;4-7H2,1-3H3,(H,11,12,13);12*1H4/q;;+1;;;;;;;;;;;;;;;;/p-1. The maximum absolute atomic E-state index is 11.4. The molecule has 11 rings (SSSR count). The Morgan fingerprint density at radius 1 is 0.394 bits per heavy atom. The van der Waals surface area contributed by atoms with Gasteiger partial charge < -0.3 is 43.2 Å². The van der Waals surface area contributed by atoms with Crippen molar-refractivity contribution in [2.75, 3.05) is 25.6 Å². The molecule has 0 aromatic heterocycles. The Morgan fingerprint density at radius 3 is 1.03 bits per heavy atom. The number of phenols is 2. The van der Waals surface area contributed by atoms with E-state index in [9.17, 15) is 17.8 Å². The largest absolute Gasteiger partial charge is 0.748 e. The molecular weight excluding hydrogens is 1610 g/mol. The zero-order valence-electron chi connectivity index (χ0n) is 71.9. The van der Waals surface area contributed by atoms with Crippen molar-refractivity contribution >= 4 is 27.0 Å². The molecule has 0 bridgehead atoms. The molecule has 2 saturated carbocycles. The van der Waals surface area contributed by atoms with Crippen LogP contribution in [0.1, 0.15) is 371 Å². The number of rotatable bonds is 31. The molecule has 7 unspecified atom stereocenters. The van der Waals surface area contributed by atoms with Crippen LogP contribution in [-0.4, -0.2) is 73.4 Å². The highest BCUT2D eigenvalue weighted by Crippen LogP contribution is 2.35. The van der Waals surface area contributed by atoms with E-state index in [2.05, 4.69) is 251 Å². The Labute approximate surface area is 785 Å². The molecule has 9 aromatic carbocycles. The summed E-state index contributed by atoms with van der Waals surface area (Å²) >= 11 is 0. The van der Waals surface area contributed by atoms with Crippen molar-refractivity contribution in [2.24, 2.45) is 5.41 Å². The lowest BCUT2D eigenvalue weighted by Gasteiger charge is -2.26. The predicted octanol–water partition coefficient (Wildman–Crippen LogP) is 34.7. The summed E-state index contributed by atoms with van der Waals surface area (Å²) in [7, 11) is -4.22. The van der Waals surface area contributed by atoms with Crippen LogP contribution in [0.5, 0.6) is 28.7 Å². The summed E-state index contributed by atoms with van der Waals surface area (Å²) in [5.41, 5.74) is 7.66. The minimum Gasteiger partial charge on any atom is -0.748 e. The fraction of sp³-hybridized carbons (Fsp3) is 0.513. The molecule has 0 heterocycles. The van der Waals surface area contributed by atoms with Gasteiger partial charge in [0.25, 0.3) is 0 Å². The zero-order valence-corrected chi connectivity index (χ0v) is 73.6. The molecule has 2 aliphatic carbocycles. The van der Waals surface area contributed by atoms with E-state index in [1.165, 1.54) is 125 Å². The number of aromatic hydroxyl groups is 2. The highest BCUT2D eigenvalue weighted by atomic mass is 32.2. The van der Waals surface area contributed by atoms with Crippen molar-refractivity contribution in [3.05, 3.63) is 276 Å². The van der Waals surface area contributed by atoms with Gasteiger partial charge in [0.2, 0.25) is 0 Å². The van der Waals surface area contributed by atoms with Gasteiger partial charge >= 0.3 is 5.97 Å². The van der Waals surface area contributed by atoms with Crippen LogP contribution in [-0.2, 0) is 40.0 Å². The maximum atomic E-state index is 11.4. The third-order valence-corrected chi connectivity index (χ3v) is 24.6. The first-order valence-electron chi connectivity index (χ1n) is 42.5. The predicted molar refractivity (Wildman–Crippen MR) is 557 cm³/mol. The van der Waals surface area contributed by atoms with Gasteiger partial charge in [0.05, 0.1) is 45.7 Å². The van der Waals surface area contributed by atoms with Crippen molar-refractivity contribution in [3.8, 4) is 28.7 Å². The highest BCUT2D eigenvalue weighted by Gasteiger charge is 2.29. The Kier molecular flexibility index (Phi) is 79.7. The minimum atomic E-state index is -4.20. The van der Waals surface area contributed by atoms with Crippen LogP contribution in [0.2, 0.25) is 0 Å². The Bertz CT molecular complexity index is 3920. The molecule has 7 atom stereocenters. The molecule has 2 aliphatic rings. The molecule has 0 amide bonds. The SMILES string of the molecule is C.C.C.C.C.C.C.C.C.C.C.C.CCC(C)(C)C(=O)OCCCS(=O)(=O)[O-].CCC(C)c1ccc(O)cc1.CCC(C)c1ccc(O)cc1.CCC(C)c1ccc(OC(C)OC2CCCCC2)cc1.CCC(C)c1ccc(OC(C)OCCOc2ccc(C3CCCCC3)cc2)cc1.CCC(C)c1ccccc1.c1ccc([S+](c2ccccc2)c2ccccc2)cc1. The van der Waals surface area contributed by atoms with Gasteiger partial charge in [-0.15, -0.1) is 0 Å². The fourth-order valence-corrected chi connectivity index (χ4v) is 15.3. The second kappa shape index (κ2) is 75.4. The van der Waals surface area contributed by atoms with Gasteiger partial charge in [-0.3, -0.25) is 4.79 Å². The van der Waals surface area contributed by atoms with E-state index in [4.69, 9.17) is 38.6 Å². The van der Waals surface area contributed by atoms with Crippen molar-refractivity contribution < 1.29 is 56.4 Å². The van der Waals surface area contributed by atoms with Gasteiger partial charge in [0.15, 0.2) is 27.3 Å². The van der Waals surface area contributed by atoms with E-state index >= 15 is 0 Å². The molecule has 2 N–H and O–H groups in total. The maximum Gasteiger partial charge on any atom is 0.311 e. The van der Waals surface area contributed by atoms with E-state index in [0.717, 1.165) is 42.4 Å². The summed E-state index contributed by atoms with van der Waals surface area (Å²) in [5.74, 6) is 6.29. The third kappa shape index (κ3) is 53.4. The number of hydrogen-bond donors (Lipinski definition) is 2. The molecule has 2 fully saturated rings. The van der Waals surface area contributed by atoms with Gasteiger partial charge in [-0.05, 0) is 264 Å². The second-order valence-electron chi connectivity index (χ2n) is 30.9. The van der Waals surface area contributed by atoms with Crippen LogP contribution in [0.15, 0.2) is 257 Å². The van der Waals surface area contributed by atoms with Crippen LogP contribution in [0.4, 0.5) is 0 Å². The molecule has 14 heteroatoms. The first-order valence-corrected chi connectivity index (χ1v) is 45.3. The number of carbonyl (C=O) groups is 1. The quantitative estimate of drug-likeness (QED) is 0.0139. The van der Waals surface area contributed by atoms with Crippen molar-refractivity contribution in [1.29, 1.82) is 0 Å². The van der Waals surface area contributed by atoms with Crippen LogP contribution >= 0.6 is 0 Å². The summed E-state index contributed by atoms with van der Waals surface area (Å²) in [6.07, 6.45) is 19.5. The van der Waals surface area contributed by atoms with Crippen molar-refractivity contribution in [2.45, 2.75) is 371 Å². The lowest BCUT2D eigenvalue weighted by Crippen LogP contribution is -2.26. The van der Waals surface area contributed by atoms with E-state index in [1.54, 1.807) is 38.1 Å². The van der Waals surface area contributed by atoms with Crippen LogP contribution in [0.3, 0.4) is 0 Å². The number of ether oxygens (including phenoxy) is 6. The number of benzene rings is 9. The van der Waals surface area contributed by atoms with Crippen LogP contribution in [0.25, 0.3) is 0 Å². The van der Waals surface area contributed by atoms with Crippen LogP contribution in [0, 0.1) is 5.41 Å². The zero-order chi connectivity index (χ0) is 83.8. The highest BCUT2D eigenvalue weighted by molar-refractivity contribution is 7.97. The smallest absolute Gasteiger partial charge is 0.311 e. The molecule has 9 aromatic rings. The number of hydrogen-bond acceptors (Lipinski definition) is 12. The van der Waals surface area contributed by atoms with Gasteiger partial charge in [-0.1, -0.05) is 349 Å². The average molecular weight is 1800 g/mol. The molecular formula is C113H186O12S2. The van der Waals surface area contributed by atoms with Gasteiger partial charge in [-0.25, -0.2) is 8.42 Å². The topological polar surface area (TPSA) is 170 Å². The first-order chi connectivity index (χ1) is 55.3. The molecule has 12 nitrogen and oxygen atoms in total. The fourth-order valence-electron chi connectivity index (χ4n) is 12.7.